The fraction of sp³-hybridized carbons (Fsp3) is 0. The first-order valence-corrected chi connectivity index (χ1v) is 5.86. The van der Waals surface area contributed by atoms with Gasteiger partial charge in [0, 0.05) is 10.8 Å². The van der Waals surface area contributed by atoms with Crippen LogP contribution in [0.25, 0.3) is 18.8 Å². The van der Waals surface area contributed by atoms with Crippen LogP contribution < -0.4 is 0 Å². The lowest BCUT2D eigenvalue weighted by Gasteiger charge is -1.71. The van der Waals surface area contributed by atoms with Crippen molar-refractivity contribution in [3.8, 4) is 0 Å². The summed E-state index contributed by atoms with van der Waals surface area (Å²) < 4.78 is 2.93. The van der Waals surface area contributed by atoms with Gasteiger partial charge in [0.1, 0.15) is 0 Å². The highest BCUT2D eigenvalue weighted by atomic mass is 32.2. The smallest absolute Gasteiger partial charge is 0.0886 e. The van der Waals surface area contributed by atoms with E-state index in [1.165, 1.54) is 18.8 Å². The standard InChI is InChI=1S/C8H4S3/c1-3-9-7-5(1)6-2-4-10-8(6)11-7/h1-4H. The van der Waals surface area contributed by atoms with E-state index in [-0.39, 0.29) is 0 Å². The van der Waals surface area contributed by atoms with Gasteiger partial charge in [0.15, 0.2) is 0 Å². The molecule has 3 heteroatoms. The maximum Gasteiger partial charge on any atom is 0.0886 e. The third kappa shape index (κ3) is 0.732. The van der Waals surface area contributed by atoms with Crippen LogP contribution in [0.3, 0.4) is 0 Å². The van der Waals surface area contributed by atoms with Crippen LogP contribution in [0.1, 0.15) is 0 Å². The lowest BCUT2D eigenvalue weighted by atomic mass is 10.3. The van der Waals surface area contributed by atoms with Crippen molar-refractivity contribution in [1.29, 1.82) is 0 Å². The van der Waals surface area contributed by atoms with Crippen LogP contribution in [-0.2, 0) is 0 Å². The normalized spacial score (nSPS) is 11.6. The Bertz CT molecular complexity index is 452. The third-order valence-electron chi connectivity index (χ3n) is 1.73. The molecule has 3 heterocycles. The molecule has 3 aromatic heterocycles. The zero-order valence-electron chi connectivity index (χ0n) is 5.53. The highest BCUT2D eigenvalue weighted by molar-refractivity contribution is 7.48. The molecule has 0 spiro atoms. The number of thiophene rings is 3. The topological polar surface area (TPSA) is 0 Å². The second-order valence-corrected chi connectivity index (χ2v) is 5.72. The molecule has 0 aliphatic rings. The van der Waals surface area contributed by atoms with E-state index in [0.29, 0.717) is 0 Å². The summed E-state index contributed by atoms with van der Waals surface area (Å²) in [6, 6.07) is 4.43. The van der Waals surface area contributed by atoms with Crippen LogP contribution >= 0.6 is 34.0 Å². The highest BCUT2D eigenvalue weighted by Crippen LogP contribution is 2.39. The Kier molecular flexibility index (Phi) is 1.16. The van der Waals surface area contributed by atoms with Gasteiger partial charge >= 0.3 is 0 Å². The summed E-state index contributed by atoms with van der Waals surface area (Å²) in [6.07, 6.45) is 0. The van der Waals surface area contributed by atoms with Crippen molar-refractivity contribution in [1.82, 2.24) is 0 Å². The molecule has 3 rings (SSSR count). The van der Waals surface area contributed by atoms with Gasteiger partial charge in [0.05, 0.1) is 8.03 Å². The largest absolute Gasteiger partial charge is 0.133 e. The van der Waals surface area contributed by atoms with Crippen LogP contribution in [0.15, 0.2) is 22.9 Å². The van der Waals surface area contributed by atoms with Crippen LogP contribution in [0.4, 0.5) is 0 Å². The van der Waals surface area contributed by atoms with Crippen molar-refractivity contribution in [2.24, 2.45) is 0 Å². The Labute approximate surface area is 75.7 Å². The minimum atomic E-state index is 1.44. The zero-order valence-corrected chi connectivity index (χ0v) is 7.98. The maximum atomic E-state index is 2.21. The van der Waals surface area contributed by atoms with E-state index in [1.807, 2.05) is 34.0 Å². The van der Waals surface area contributed by atoms with Crippen LogP contribution in [0, 0.1) is 0 Å². The average Bonchev–Trinajstić information content (AvgIpc) is 2.52. The molecule has 0 fully saturated rings. The molecule has 0 unspecified atom stereocenters. The van der Waals surface area contributed by atoms with E-state index in [9.17, 15) is 0 Å². The van der Waals surface area contributed by atoms with E-state index in [2.05, 4.69) is 22.9 Å². The van der Waals surface area contributed by atoms with Crippen molar-refractivity contribution < 1.29 is 0 Å². The molecule has 0 N–H and O–H groups in total. The Morgan fingerprint density at radius 1 is 0.818 bits per heavy atom. The number of hydrogen-bond donors (Lipinski definition) is 0. The molecule has 0 aliphatic carbocycles. The molecular weight excluding hydrogens is 192 g/mol. The van der Waals surface area contributed by atoms with Gasteiger partial charge in [0.25, 0.3) is 0 Å². The predicted octanol–water partition coefficient (Wildman–Crippen LogP) is 4.18. The monoisotopic (exact) mass is 196 g/mol. The van der Waals surface area contributed by atoms with E-state index < -0.39 is 0 Å². The summed E-state index contributed by atoms with van der Waals surface area (Å²) in [6.45, 7) is 0. The molecule has 0 aliphatic heterocycles. The molecule has 0 aromatic carbocycles. The maximum absolute atomic E-state index is 2.21. The van der Waals surface area contributed by atoms with Crippen LogP contribution in [0.5, 0.6) is 0 Å². The van der Waals surface area contributed by atoms with Gasteiger partial charge in [-0.25, -0.2) is 0 Å². The zero-order chi connectivity index (χ0) is 7.26. The SMILES string of the molecule is c1cc2c(s1)sc1sccc12. The molecule has 54 valence electrons. The van der Waals surface area contributed by atoms with Crippen molar-refractivity contribution in [3.63, 3.8) is 0 Å². The fourth-order valence-corrected chi connectivity index (χ4v) is 4.62. The van der Waals surface area contributed by atoms with Crippen LogP contribution in [-0.4, -0.2) is 0 Å². The second-order valence-electron chi connectivity index (χ2n) is 2.35. The summed E-state index contributed by atoms with van der Waals surface area (Å²) in [5.74, 6) is 0. The van der Waals surface area contributed by atoms with Crippen molar-refractivity contribution >= 4 is 52.8 Å². The summed E-state index contributed by atoms with van der Waals surface area (Å²) in [4.78, 5) is 0. The van der Waals surface area contributed by atoms with Crippen molar-refractivity contribution in [3.05, 3.63) is 22.9 Å². The highest BCUT2D eigenvalue weighted by Gasteiger charge is 2.05. The Hall–Kier alpha value is -0.380. The van der Waals surface area contributed by atoms with E-state index >= 15 is 0 Å². The van der Waals surface area contributed by atoms with E-state index in [4.69, 9.17) is 0 Å². The lowest BCUT2D eigenvalue weighted by Crippen LogP contribution is -1.46. The van der Waals surface area contributed by atoms with Gasteiger partial charge in [-0.05, 0) is 22.9 Å². The molecule has 11 heavy (non-hydrogen) atoms. The summed E-state index contributed by atoms with van der Waals surface area (Å²) >= 11 is 5.60. The molecule has 0 amide bonds. The predicted molar refractivity (Wildman–Crippen MR) is 55.1 cm³/mol. The first-order chi connectivity index (χ1) is 5.45. The molecule has 0 radical (unpaired) electrons. The quantitative estimate of drug-likeness (QED) is 0.506. The molecule has 0 atom stereocenters. The molecule has 0 bridgehead atoms. The molecular formula is C8H4S3. The number of hydrogen-bond acceptors (Lipinski definition) is 3. The third-order valence-corrected chi connectivity index (χ3v) is 5.04. The minimum Gasteiger partial charge on any atom is -0.133 e. The van der Waals surface area contributed by atoms with E-state index in [1.54, 1.807) is 0 Å². The minimum absolute atomic E-state index is 1.44. The number of fused-ring (bicyclic) bond motifs is 3. The molecule has 0 nitrogen and oxygen atoms in total. The molecule has 0 saturated heterocycles. The Morgan fingerprint density at radius 2 is 1.36 bits per heavy atom. The Balaban J connectivity index is 2.75. The van der Waals surface area contributed by atoms with Gasteiger partial charge in [-0.15, -0.1) is 34.0 Å². The van der Waals surface area contributed by atoms with Crippen molar-refractivity contribution in [2.75, 3.05) is 0 Å². The average molecular weight is 196 g/mol. The lowest BCUT2D eigenvalue weighted by molar-refractivity contribution is 2.15. The van der Waals surface area contributed by atoms with Gasteiger partial charge in [-0.1, -0.05) is 0 Å². The van der Waals surface area contributed by atoms with Crippen molar-refractivity contribution in [2.45, 2.75) is 0 Å². The summed E-state index contributed by atoms with van der Waals surface area (Å²) in [5, 5.41) is 7.21. The van der Waals surface area contributed by atoms with Gasteiger partial charge in [0.2, 0.25) is 0 Å². The first-order valence-electron chi connectivity index (χ1n) is 3.28. The molecule has 3 aromatic rings. The summed E-state index contributed by atoms with van der Waals surface area (Å²) in [5.41, 5.74) is 0. The van der Waals surface area contributed by atoms with E-state index in [0.717, 1.165) is 0 Å². The van der Waals surface area contributed by atoms with Gasteiger partial charge in [-0.3, -0.25) is 0 Å². The number of rotatable bonds is 0. The first kappa shape index (κ1) is 6.17. The fourth-order valence-electron chi connectivity index (χ4n) is 1.23. The van der Waals surface area contributed by atoms with Crippen LogP contribution in [0.2, 0.25) is 0 Å². The van der Waals surface area contributed by atoms with Gasteiger partial charge < -0.3 is 0 Å². The summed E-state index contributed by atoms with van der Waals surface area (Å²) in [7, 11) is 0. The van der Waals surface area contributed by atoms with Gasteiger partial charge in [-0.2, -0.15) is 0 Å². The second kappa shape index (κ2) is 2.06. The molecule has 0 saturated carbocycles. The Morgan fingerprint density at radius 3 is 1.91 bits per heavy atom.